The van der Waals surface area contributed by atoms with Gasteiger partial charge in [0.05, 0.1) is 18.8 Å². The molecule has 1 saturated carbocycles. The number of ether oxygens (including phenoxy) is 3. The minimum atomic E-state index is -0.483. The lowest BCUT2D eigenvalue weighted by Gasteiger charge is -2.29. The third kappa shape index (κ3) is 4.12. The molecule has 3 aromatic carbocycles. The Morgan fingerprint density at radius 1 is 0.906 bits per heavy atom. The Bertz CT molecular complexity index is 1120. The highest BCUT2D eigenvalue weighted by Gasteiger charge is 2.36. The Labute approximate surface area is 188 Å². The van der Waals surface area contributed by atoms with Crippen molar-refractivity contribution in [3.63, 3.8) is 0 Å². The Kier molecular flexibility index (Phi) is 5.41. The molecule has 2 fully saturated rings. The number of fused-ring (bicyclic) bond motifs is 1. The van der Waals surface area contributed by atoms with Crippen LogP contribution in [0.3, 0.4) is 0 Å². The fourth-order valence-corrected chi connectivity index (χ4v) is 4.89. The van der Waals surface area contributed by atoms with Crippen LogP contribution in [-0.2, 0) is 10.3 Å². The molecule has 1 amide bonds. The van der Waals surface area contributed by atoms with E-state index in [4.69, 9.17) is 14.2 Å². The molecule has 0 bridgehead atoms. The van der Waals surface area contributed by atoms with E-state index in [1.54, 1.807) is 7.11 Å². The molecule has 1 N–H and O–H groups in total. The molecule has 3 aromatic rings. The maximum Gasteiger partial charge on any atom is 0.408 e. The zero-order valence-corrected chi connectivity index (χ0v) is 18.6. The zero-order valence-electron chi connectivity index (χ0n) is 18.6. The SMILES string of the molecule is COc1ccc([C@H]2CC[C@H](Oc3ccc4cc([C@]5(C)COC(=O)N5)ccc4c3)CC2)cc1. The van der Waals surface area contributed by atoms with Gasteiger partial charge in [-0.3, -0.25) is 0 Å². The van der Waals surface area contributed by atoms with Gasteiger partial charge in [-0.1, -0.05) is 30.3 Å². The minimum Gasteiger partial charge on any atom is -0.497 e. The topological polar surface area (TPSA) is 56.8 Å². The monoisotopic (exact) mass is 431 g/mol. The maximum atomic E-state index is 11.5. The van der Waals surface area contributed by atoms with Crippen molar-refractivity contribution in [2.75, 3.05) is 13.7 Å². The van der Waals surface area contributed by atoms with E-state index < -0.39 is 5.54 Å². The van der Waals surface area contributed by atoms with Crippen LogP contribution in [0.1, 0.15) is 49.7 Å². The zero-order chi connectivity index (χ0) is 22.1. The highest BCUT2D eigenvalue weighted by molar-refractivity contribution is 5.85. The van der Waals surface area contributed by atoms with E-state index in [0.29, 0.717) is 12.5 Å². The molecule has 1 aliphatic carbocycles. The molecule has 5 rings (SSSR count). The van der Waals surface area contributed by atoms with Gasteiger partial charge < -0.3 is 19.5 Å². The van der Waals surface area contributed by atoms with Gasteiger partial charge in [0.15, 0.2) is 0 Å². The maximum absolute atomic E-state index is 11.5. The van der Waals surface area contributed by atoms with Crippen LogP contribution < -0.4 is 14.8 Å². The van der Waals surface area contributed by atoms with Crippen molar-refractivity contribution in [1.29, 1.82) is 0 Å². The summed E-state index contributed by atoms with van der Waals surface area (Å²) in [7, 11) is 1.70. The lowest BCUT2D eigenvalue weighted by atomic mass is 9.82. The molecule has 0 spiro atoms. The minimum absolute atomic E-state index is 0.256. The first-order valence-corrected chi connectivity index (χ1v) is 11.3. The van der Waals surface area contributed by atoms with Gasteiger partial charge in [0, 0.05) is 0 Å². The van der Waals surface area contributed by atoms with Crippen molar-refractivity contribution in [2.45, 2.75) is 50.2 Å². The van der Waals surface area contributed by atoms with Crippen LogP contribution in [0.15, 0.2) is 60.7 Å². The number of hydrogen-bond acceptors (Lipinski definition) is 4. The summed E-state index contributed by atoms with van der Waals surface area (Å²) < 4.78 is 16.7. The van der Waals surface area contributed by atoms with Crippen LogP contribution in [0.4, 0.5) is 4.79 Å². The van der Waals surface area contributed by atoms with Gasteiger partial charge >= 0.3 is 6.09 Å². The van der Waals surface area contributed by atoms with Gasteiger partial charge in [0.2, 0.25) is 0 Å². The standard InChI is InChI=1S/C27H29NO4/c1-27(17-31-26(29)28-27)22-9-3-21-16-25(14-8-20(21)15-22)32-24-12-6-19(7-13-24)18-4-10-23(30-2)11-5-18/h3-5,8-11,14-16,19,24H,6-7,12-13,17H2,1-2H3,(H,28,29)/t19-,24-,27-/m0/s1. The summed E-state index contributed by atoms with van der Waals surface area (Å²) in [5.41, 5.74) is 1.95. The molecule has 1 aliphatic heterocycles. The molecule has 1 atom stereocenters. The number of alkyl carbamates (subject to hydrolysis) is 1. The predicted molar refractivity (Wildman–Crippen MR) is 124 cm³/mol. The van der Waals surface area contributed by atoms with Crippen molar-refractivity contribution in [1.82, 2.24) is 5.32 Å². The normalized spacial score (nSPS) is 25.2. The molecular formula is C27H29NO4. The third-order valence-electron chi connectivity index (χ3n) is 6.88. The molecule has 0 aromatic heterocycles. The molecule has 1 heterocycles. The highest BCUT2D eigenvalue weighted by Crippen LogP contribution is 2.36. The fraction of sp³-hybridized carbons (Fsp3) is 0.370. The predicted octanol–water partition coefficient (Wildman–Crippen LogP) is 5.91. The van der Waals surface area contributed by atoms with Crippen LogP contribution in [-0.4, -0.2) is 25.9 Å². The molecule has 2 aliphatic rings. The molecule has 32 heavy (non-hydrogen) atoms. The first-order chi connectivity index (χ1) is 15.5. The summed E-state index contributed by atoms with van der Waals surface area (Å²) in [4.78, 5) is 11.5. The highest BCUT2D eigenvalue weighted by atomic mass is 16.6. The second-order valence-corrected chi connectivity index (χ2v) is 9.12. The number of rotatable bonds is 5. The second-order valence-electron chi connectivity index (χ2n) is 9.12. The lowest BCUT2D eigenvalue weighted by Crippen LogP contribution is -2.37. The number of amides is 1. The van der Waals surface area contributed by atoms with Crippen molar-refractivity contribution in [3.05, 3.63) is 71.8 Å². The van der Waals surface area contributed by atoms with E-state index in [0.717, 1.165) is 53.5 Å². The second kappa shape index (κ2) is 8.38. The first-order valence-electron chi connectivity index (χ1n) is 11.3. The van der Waals surface area contributed by atoms with Crippen LogP contribution >= 0.6 is 0 Å². The average molecular weight is 432 g/mol. The van der Waals surface area contributed by atoms with E-state index in [2.05, 4.69) is 47.8 Å². The van der Waals surface area contributed by atoms with Crippen LogP contribution in [0.25, 0.3) is 10.8 Å². The van der Waals surface area contributed by atoms with Gasteiger partial charge in [0.1, 0.15) is 18.1 Å². The van der Waals surface area contributed by atoms with E-state index in [9.17, 15) is 4.79 Å². The summed E-state index contributed by atoms with van der Waals surface area (Å²) in [5.74, 6) is 2.42. The van der Waals surface area contributed by atoms with E-state index in [1.807, 2.05) is 25.1 Å². The van der Waals surface area contributed by atoms with Crippen molar-refractivity contribution in [3.8, 4) is 11.5 Å². The summed E-state index contributed by atoms with van der Waals surface area (Å²) in [6, 6.07) is 21.0. The Morgan fingerprint density at radius 2 is 1.59 bits per heavy atom. The van der Waals surface area contributed by atoms with E-state index >= 15 is 0 Å². The van der Waals surface area contributed by atoms with Crippen molar-refractivity contribution >= 4 is 16.9 Å². The van der Waals surface area contributed by atoms with E-state index in [-0.39, 0.29) is 12.2 Å². The molecule has 1 saturated heterocycles. The van der Waals surface area contributed by atoms with Crippen LogP contribution in [0.5, 0.6) is 11.5 Å². The third-order valence-corrected chi connectivity index (χ3v) is 6.88. The fourth-order valence-electron chi connectivity index (χ4n) is 4.89. The summed E-state index contributed by atoms with van der Waals surface area (Å²) in [5, 5.41) is 5.16. The number of cyclic esters (lactones) is 1. The Balaban J connectivity index is 1.23. The Morgan fingerprint density at radius 3 is 2.28 bits per heavy atom. The Hall–Kier alpha value is -3.21. The first kappa shape index (κ1) is 20.7. The number of benzene rings is 3. The van der Waals surface area contributed by atoms with Crippen LogP contribution in [0.2, 0.25) is 0 Å². The van der Waals surface area contributed by atoms with E-state index in [1.165, 1.54) is 5.56 Å². The number of carbonyl (C=O) groups is 1. The van der Waals surface area contributed by atoms with Gasteiger partial charge in [0.25, 0.3) is 0 Å². The van der Waals surface area contributed by atoms with Crippen LogP contribution in [0, 0.1) is 0 Å². The van der Waals surface area contributed by atoms with Gasteiger partial charge in [-0.25, -0.2) is 4.79 Å². The summed E-state index contributed by atoms with van der Waals surface area (Å²) in [6.45, 7) is 2.33. The smallest absolute Gasteiger partial charge is 0.408 e. The molecule has 0 unspecified atom stereocenters. The number of nitrogens with one attached hydrogen (secondary N) is 1. The largest absolute Gasteiger partial charge is 0.497 e. The average Bonchev–Trinajstić information content (AvgIpc) is 3.19. The molecule has 5 nitrogen and oxygen atoms in total. The number of methoxy groups -OCH3 is 1. The van der Waals surface area contributed by atoms with Crippen molar-refractivity contribution in [2.24, 2.45) is 0 Å². The van der Waals surface area contributed by atoms with Gasteiger partial charge in [-0.15, -0.1) is 0 Å². The number of carbonyl (C=O) groups excluding carboxylic acids is 1. The van der Waals surface area contributed by atoms with Crippen molar-refractivity contribution < 1.29 is 19.0 Å². The summed E-state index contributed by atoms with van der Waals surface area (Å²) in [6.07, 6.45) is 4.29. The lowest BCUT2D eigenvalue weighted by molar-refractivity contribution is 0.146. The number of hydrogen-bond donors (Lipinski definition) is 1. The quantitative estimate of drug-likeness (QED) is 0.546. The molecule has 166 valence electrons. The van der Waals surface area contributed by atoms with Gasteiger partial charge in [-0.2, -0.15) is 0 Å². The van der Waals surface area contributed by atoms with Gasteiger partial charge in [-0.05, 0) is 90.8 Å². The molecule has 5 heteroatoms. The molecular weight excluding hydrogens is 402 g/mol. The molecule has 0 radical (unpaired) electrons. The summed E-state index contributed by atoms with van der Waals surface area (Å²) >= 11 is 0.